The number of carbonyl (C=O) groups excluding carboxylic acids is 2. The monoisotopic (exact) mass is 674 g/mol. The van der Waals surface area contributed by atoms with Crippen molar-refractivity contribution in [3.63, 3.8) is 0 Å². The number of hydrogen-bond acceptors (Lipinski definition) is 6. The van der Waals surface area contributed by atoms with Gasteiger partial charge in [0.25, 0.3) is 11.8 Å². The van der Waals surface area contributed by atoms with E-state index in [0.717, 1.165) is 16.9 Å². The van der Waals surface area contributed by atoms with Gasteiger partial charge in [-0.25, -0.2) is 0 Å². The summed E-state index contributed by atoms with van der Waals surface area (Å²) in [5.41, 5.74) is 5.81. The third kappa shape index (κ3) is 4.63. The average Bonchev–Trinajstić information content (AvgIpc) is 3.63. The van der Waals surface area contributed by atoms with Crippen molar-refractivity contribution in [2.45, 2.75) is 6.54 Å². The number of aryl methyl sites for hydroxylation is 2. The summed E-state index contributed by atoms with van der Waals surface area (Å²) < 4.78 is 3.27. The highest BCUT2D eigenvalue weighted by molar-refractivity contribution is 6.36. The fraction of sp³-hybridized carbons (Fsp3) is 0.111. The molecule has 2 amide bonds. The fourth-order valence-corrected chi connectivity index (χ4v) is 7.01. The molecule has 4 heterocycles. The van der Waals surface area contributed by atoms with Gasteiger partial charge in [-0.15, -0.1) is 0 Å². The lowest BCUT2D eigenvalue weighted by Gasteiger charge is -2.28. The predicted molar refractivity (Wildman–Crippen MR) is 189 cm³/mol. The lowest BCUT2D eigenvalue weighted by Crippen LogP contribution is -2.25. The average molecular weight is 676 g/mol. The molecule has 4 aromatic carbocycles. The number of nitrogens with zero attached hydrogens (tertiary/aromatic N) is 8. The van der Waals surface area contributed by atoms with E-state index in [1.54, 1.807) is 51.7 Å². The van der Waals surface area contributed by atoms with Gasteiger partial charge in [0.05, 0.1) is 32.8 Å². The van der Waals surface area contributed by atoms with E-state index in [-0.39, 0.29) is 11.8 Å². The van der Waals surface area contributed by atoms with Gasteiger partial charge in [-0.2, -0.15) is 10.2 Å². The van der Waals surface area contributed by atoms with Gasteiger partial charge in [-0.1, -0.05) is 65.7 Å². The van der Waals surface area contributed by atoms with Gasteiger partial charge in [-0.3, -0.25) is 28.8 Å². The molecule has 8 rings (SSSR count). The van der Waals surface area contributed by atoms with Crippen LogP contribution in [-0.2, 0) is 20.6 Å². The summed E-state index contributed by atoms with van der Waals surface area (Å²) in [6.45, 7) is 0.345. The Morgan fingerprint density at radius 3 is 1.83 bits per heavy atom. The highest BCUT2D eigenvalue weighted by atomic mass is 35.5. The Hall–Kier alpha value is -5.58. The molecule has 0 bridgehead atoms. The van der Waals surface area contributed by atoms with Gasteiger partial charge < -0.3 is 9.80 Å². The minimum atomic E-state index is -0.240. The van der Waals surface area contributed by atoms with Crippen molar-refractivity contribution in [3.05, 3.63) is 130 Å². The molecule has 0 saturated carbocycles. The number of hydrogen-bond donors (Lipinski definition) is 0. The summed E-state index contributed by atoms with van der Waals surface area (Å²) in [7, 11) is 5.46. The summed E-state index contributed by atoms with van der Waals surface area (Å²) in [6, 6.07) is 28.3. The van der Waals surface area contributed by atoms with E-state index in [4.69, 9.17) is 28.3 Å². The highest BCUT2D eigenvalue weighted by Crippen LogP contribution is 2.48. The van der Waals surface area contributed by atoms with Gasteiger partial charge in [0, 0.05) is 51.5 Å². The van der Waals surface area contributed by atoms with Crippen LogP contribution in [0.2, 0.25) is 10.0 Å². The quantitative estimate of drug-likeness (QED) is 0.188. The second-order valence-electron chi connectivity index (χ2n) is 11.7. The zero-order valence-electron chi connectivity index (χ0n) is 26.2. The van der Waals surface area contributed by atoms with Crippen LogP contribution >= 0.6 is 23.2 Å². The van der Waals surface area contributed by atoms with Gasteiger partial charge in [0.1, 0.15) is 11.1 Å². The Kier molecular flexibility index (Phi) is 7.01. The number of fused-ring (bicyclic) bond motifs is 4. The van der Waals surface area contributed by atoms with Gasteiger partial charge in [-0.05, 0) is 54.1 Å². The number of carbonyl (C=O) groups is 2. The van der Waals surface area contributed by atoms with Gasteiger partial charge >= 0.3 is 0 Å². The molecule has 12 heteroatoms. The molecule has 0 atom stereocenters. The number of benzene rings is 4. The van der Waals surface area contributed by atoms with Crippen LogP contribution in [0.1, 0.15) is 26.3 Å². The largest absolute Gasteiger partial charge is 0.325 e. The first-order valence-electron chi connectivity index (χ1n) is 15.2. The first kappa shape index (κ1) is 29.8. The van der Waals surface area contributed by atoms with E-state index >= 15 is 0 Å². The van der Waals surface area contributed by atoms with Crippen LogP contribution < -0.4 is 19.6 Å². The smallest absolute Gasteiger partial charge is 0.268 e. The first-order chi connectivity index (χ1) is 23.2. The first-order valence-corrected chi connectivity index (χ1v) is 16.0. The summed E-state index contributed by atoms with van der Waals surface area (Å²) in [4.78, 5) is 35.5. The molecule has 10 nitrogen and oxygen atoms in total. The topological polar surface area (TPSA) is 82.7 Å². The molecule has 0 N–H and O–H groups in total. The van der Waals surface area contributed by atoms with Crippen LogP contribution in [-0.4, -0.2) is 38.4 Å². The second kappa shape index (κ2) is 11.3. The number of aromatic nitrogens is 4. The Balaban J connectivity index is 1.22. The second-order valence-corrected chi connectivity index (χ2v) is 12.5. The Morgan fingerprint density at radius 1 is 0.583 bits per heavy atom. The molecule has 2 aromatic heterocycles. The number of anilines is 8. The van der Waals surface area contributed by atoms with Crippen LogP contribution in [0, 0.1) is 0 Å². The van der Waals surface area contributed by atoms with E-state index in [1.807, 2.05) is 102 Å². The van der Waals surface area contributed by atoms with Crippen LogP contribution in [0.15, 0.2) is 103 Å². The molecule has 2 aliphatic heterocycles. The molecule has 0 fully saturated rings. The molecule has 0 saturated heterocycles. The molecular weight excluding hydrogens is 647 g/mol. The lowest BCUT2D eigenvalue weighted by molar-refractivity contribution is 0.0992. The molecule has 0 aliphatic carbocycles. The molecular formula is C36H28Cl2N8O2. The third-order valence-corrected chi connectivity index (χ3v) is 9.25. The van der Waals surface area contributed by atoms with E-state index in [9.17, 15) is 9.59 Å². The lowest BCUT2D eigenvalue weighted by atomic mass is 10.1. The molecule has 6 aromatic rings. The van der Waals surface area contributed by atoms with Crippen LogP contribution in [0.5, 0.6) is 0 Å². The van der Waals surface area contributed by atoms with Crippen molar-refractivity contribution in [2.75, 3.05) is 26.6 Å². The molecule has 0 unspecified atom stereocenters. The van der Waals surface area contributed by atoms with E-state index in [0.29, 0.717) is 62.1 Å². The Morgan fingerprint density at radius 2 is 1.15 bits per heavy atom. The SMILES string of the molecule is CN1c2cccc(Cl)c2N(c2ccc(CN3c4nn(C)cc4C(=O)N(c4ccccc4)c4cccc(Cl)c43)cc2)C(=O)c2cn(C)nc21. The van der Waals surface area contributed by atoms with E-state index in [2.05, 4.69) is 5.10 Å². The van der Waals surface area contributed by atoms with Crippen LogP contribution in [0.3, 0.4) is 0 Å². The fourth-order valence-electron chi connectivity index (χ4n) is 6.49. The third-order valence-electron chi connectivity index (χ3n) is 8.64. The van der Waals surface area contributed by atoms with E-state index in [1.165, 1.54) is 0 Å². The minimum Gasteiger partial charge on any atom is -0.325 e. The van der Waals surface area contributed by atoms with Gasteiger partial charge in [0.15, 0.2) is 11.6 Å². The van der Waals surface area contributed by atoms with Crippen molar-refractivity contribution in [3.8, 4) is 0 Å². The highest BCUT2D eigenvalue weighted by Gasteiger charge is 2.37. The zero-order chi connectivity index (χ0) is 33.3. The van der Waals surface area contributed by atoms with Crippen molar-refractivity contribution in [1.82, 2.24) is 19.6 Å². The summed E-state index contributed by atoms with van der Waals surface area (Å²) in [6.07, 6.45) is 3.46. The molecule has 0 radical (unpaired) electrons. The maximum absolute atomic E-state index is 14.2. The van der Waals surface area contributed by atoms with Crippen molar-refractivity contribution in [2.24, 2.45) is 14.1 Å². The molecule has 238 valence electrons. The Bertz CT molecular complexity index is 2250. The summed E-state index contributed by atoms with van der Waals surface area (Å²) in [5.74, 6) is 0.595. The standard InChI is InChI=1S/C36H28Cl2N8O2/c1-41-20-25-33(39-41)43(3)29-13-7-12-28(38)32(29)46(36(25)48)24-17-15-22(16-18-24)19-44-31-27(37)11-8-14-30(31)45(23-9-5-4-6-10-23)35(47)26-21-42(2)40-34(26)44/h4-18,20-21H,19H2,1-3H3. The number of amides is 2. The normalized spacial score (nSPS) is 13.9. The van der Waals surface area contributed by atoms with E-state index < -0.39 is 0 Å². The molecule has 2 aliphatic rings. The summed E-state index contributed by atoms with van der Waals surface area (Å²) in [5, 5.41) is 10.2. The number of halogens is 2. The van der Waals surface area contributed by atoms with Crippen LogP contribution in [0.25, 0.3) is 0 Å². The summed E-state index contributed by atoms with van der Waals surface area (Å²) >= 11 is 13.7. The van der Waals surface area contributed by atoms with Crippen molar-refractivity contribution < 1.29 is 9.59 Å². The number of para-hydroxylation sites is 3. The van der Waals surface area contributed by atoms with Crippen LogP contribution in [0.4, 0.5) is 45.8 Å². The minimum absolute atomic E-state index is 0.208. The number of rotatable bonds is 4. The Labute approximate surface area is 286 Å². The molecule has 0 spiro atoms. The maximum atomic E-state index is 14.2. The van der Waals surface area contributed by atoms with Crippen molar-refractivity contribution >= 4 is 80.8 Å². The zero-order valence-corrected chi connectivity index (χ0v) is 27.7. The predicted octanol–water partition coefficient (Wildman–Crippen LogP) is 8.15. The maximum Gasteiger partial charge on any atom is 0.268 e. The van der Waals surface area contributed by atoms with Crippen molar-refractivity contribution in [1.29, 1.82) is 0 Å². The van der Waals surface area contributed by atoms with Gasteiger partial charge in [0.2, 0.25) is 0 Å². The molecule has 48 heavy (non-hydrogen) atoms.